The first-order chi connectivity index (χ1) is 14.4. The van der Waals surface area contributed by atoms with Gasteiger partial charge in [0.1, 0.15) is 11.7 Å². The fraction of sp³-hybridized carbons (Fsp3) is 0.238. The molecule has 0 saturated heterocycles. The van der Waals surface area contributed by atoms with Crippen LogP contribution >= 0.6 is 11.3 Å². The smallest absolute Gasteiger partial charge is 0.265 e. The molecule has 4 rings (SSSR count). The summed E-state index contributed by atoms with van der Waals surface area (Å²) in [4.78, 5) is 17.3. The molecule has 1 aliphatic rings. The molecule has 156 valence electrons. The van der Waals surface area contributed by atoms with Crippen LogP contribution in [-0.4, -0.2) is 26.7 Å². The largest absolute Gasteiger partial charge is 0.321 e. The van der Waals surface area contributed by atoms with Crippen LogP contribution in [0.4, 0.5) is 10.1 Å². The van der Waals surface area contributed by atoms with E-state index in [2.05, 4.69) is 15.0 Å². The number of anilines is 1. The standard InChI is InChI=1S/C21H20FN3O3S2/c22-17-8-5-9-18-16(17)13-19(29-18)21(26)24-14-6-4-7-15(12-14)30(27,28)25-20-10-2-1-3-11-23-20/h4-9,12-13H,1-3,10-11H2,(H,23,25)(H,24,26). The monoisotopic (exact) mass is 445 g/mol. The molecule has 2 N–H and O–H groups in total. The van der Waals surface area contributed by atoms with Crippen molar-refractivity contribution in [2.45, 2.75) is 30.6 Å². The number of carbonyl (C=O) groups is 1. The Balaban J connectivity index is 1.53. The number of carbonyl (C=O) groups excluding carboxylic acids is 1. The first-order valence-electron chi connectivity index (χ1n) is 9.58. The molecule has 0 saturated carbocycles. The molecule has 6 nitrogen and oxygen atoms in total. The Bertz CT molecular complexity index is 1240. The molecule has 1 amide bonds. The minimum atomic E-state index is -3.80. The molecule has 30 heavy (non-hydrogen) atoms. The molecule has 2 aromatic carbocycles. The summed E-state index contributed by atoms with van der Waals surface area (Å²) in [6, 6.07) is 12.2. The molecule has 0 radical (unpaired) electrons. The lowest BCUT2D eigenvalue weighted by Gasteiger charge is -2.11. The SMILES string of the molecule is O=C(Nc1cccc(S(=O)(=O)NC2=NCCCCC2)c1)c1cc2c(F)cccc2s1. The number of hydrogen-bond donors (Lipinski definition) is 2. The van der Waals surface area contributed by atoms with E-state index >= 15 is 0 Å². The number of hydrogen-bond acceptors (Lipinski definition) is 5. The number of halogens is 1. The highest BCUT2D eigenvalue weighted by atomic mass is 32.2. The zero-order valence-electron chi connectivity index (χ0n) is 16.0. The van der Waals surface area contributed by atoms with E-state index in [0.29, 0.717) is 39.5 Å². The van der Waals surface area contributed by atoms with Gasteiger partial charge in [0.2, 0.25) is 0 Å². The summed E-state index contributed by atoms with van der Waals surface area (Å²) < 4.78 is 42.6. The molecule has 1 aromatic heterocycles. The van der Waals surface area contributed by atoms with Crippen LogP contribution in [0.15, 0.2) is 58.4 Å². The van der Waals surface area contributed by atoms with Crippen molar-refractivity contribution in [3.05, 3.63) is 59.2 Å². The van der Waals surface area contributed by atoms with Crippen molar-refractivity contribution < 1.29 is 17.6 Å². The zero-order chi connectivity index (χ0) is 21.1. The number of sulfonamides is 1. The van der Waals surface area contributed by atoms with Crippen molar-refractivity contribution in [3.8, 4) is 0 Å². The van der Waals surface area contributed by atoms with Crippen molar-refractivity contribution in [2.24, 2.45) is 4.99 Å². The lowest BCUT2D eigenvalue weighted by atomic mass is 10.2. The van der Waals surface area contributed by atoms with E-state index in [-0.39, 0.29) is 10.7 Å². The average molecular weight is 446 g/mol. The Morgan fingerprint density at radius 1 is 1.07 bits per heavy atom. The summed E-state index contributed by atoms with van der Waals surface area (Å²) in [6.07, 6.45) is 3.47. The van der Waals surface area contributed by atoms with Crippen LogP contribution in [0.25, 0.3) is 10.1 Å². The third-order valence-corrected chi connectivity index (χ3v) is 7.24. The average Bonchev–Trinajstić information content (AvgIpc) is 3.01. The van der Waals surface area contributed by atoms with Gasteiger partial charge in [0, 0.05) is 28.7 Å². The maximum atomic E-state index is 13.9. The van der Waals surface area contributed by atoms with Crippen LogP contribution in [0.5, 0.6) is 0 Å². The van der Waals surface area contributed by atoms with Crippen LogP contribution in [0, 0.1) is 5.82 Å². The van der Waals surface area contributed by atoms with Gasteiger partial charge in [0.15, 0.2) is 0 Å². The van der Waals surface area contributed by atoms with Crippen LogP contribution in [0.3, 0.4) is 0 Å². The van der Waals surface area contributed by atoms with E-state index < -0.39 is 15.9 Å². The Morgan fingerprint density at radius 2 is 1.90 bits per heavy atom. The minimum Gasteiger partial charge on any atom is -0.321 e. The fourth-order valence-corrected chi connectivity index (χ4v) is 5.35. The summed E-state index contributed by atoms with van der Waals surface area (Å²) in [7, 11) is -3.80. The maximum Gasteiger partial charge on any atom is 0.265 e. The molecule has 0 unspecified atom stereocenters. The summed E-state index contributed by atoms with van der Waals surface area (Å²) in [5, 5.41) is 3.08. The summed E-state index contributed by atoms with van der Waals surface area (Å²) >= 11 is 1.18. The highest BCUT2D eigenvalue weighted by Crippen LogP contribution is 2.28. The van der Waals surface area contributed by atoms with Gasteiger partial charge in [0.05, 0.1) is 9.77 Å². The normalized spacial score (nSPS) is 14.8. The van der Waals surface area contributed by atoms with Crippen molar-refractivity contribution in [3.63, 3.8) is 0 Å². The number of amidine groups is 1. The van der Waals surface area contributed by atoms with Gasteiger partial charge in [-0.25, -0.2) is 12.8 Å². The minimum absolute atomic E-state index is 0.0367. The number of aliphatic imine (C=N–C) groups is 1. The van der Waals surface area contributed by atoms with E-state index in [9.17, 15) is 17.6 Å². The molecule has 0 bridgehead atoms. The second kappa shape index (κ2) is 8.53. The Morgan fingerprint density at radius 3 is 2.73 bits per heavy atom. The number of nitrogens with one attached hydrogen (secondary N) is 2. The van der Waals surface area contributed by atoms with Gasteiger partial charge in [0.25, 0.3) is 15.9 Å². The van der Waals surface area contributed by atoms with E-state index in [1.165, 1.54) is 35.6 Å². The molecule has 0 atom stereocenters. The summed E-state index contributed by atoms with van der Waals surface area (Å²) in [5.74, 6) is -0.344. The number of thiophene rings is 1. The third kappa shape index (κ3) is 4.52. The van der Waals surface area contributed by atoms with Crippen molar-refractivity contribution in [2.75, 3.05) is 11.9 Å². The lowest BCUT2D eigenvalue weighted by Crippen LogP contribution is -2.30. The number of fused-ring (bicyclic) bond motifs is 1. The number of amides is 1. The Labute approximate surface area is 177 Å². The number of rotatable bonds is 4. The predicted molar refractivity (Wildman–Crippen MR) is 117 cm³/mol. The topological polar surface area (TPSA) is 87.6 Å². The van der Waals surface area contributed by atoms with Gasteiger partial charge in [-0.05, 0) is 49.2 Å². The van der Waals surface area contributed by atoms with Gasteiger partial charge in [-0.2, -0.15) is 0 Å². The van der Waals surface area contributed by atoms with Crippen molar-refractivity contribution in [1.82, 2.24) is 4.72 Å². The van der Waals surface area contributed by atoms with Gasteiger partial charge >= 0.3 is 0 Å². The molecule has 2 heterocycles. The quantitative estimate of drug-likeness (QED) is 0.618. The molecule has 0 fully saturated rings. The number of benzene rings is 2. The maximum absolute atomic E-state index is 13.9. The van der Waals surface area contributed by atoms with Crippen LogP contribution in [0.1, 0.15) is 35.4 Å². The van der Waals surface area contributed by atoms with E-state index in [1.54, 1.807) is 24.3 Å². The van der Waals surface area contributed by atoms with Crippen LogP contribution in [-0.2, 0) is 10.0 Å². The van der Waals surface area contributed by atoms with E-state index in [4.69, 9.17) is 0 Å². The van der Waals surface area contributed by atoms with E-state index in [1.807, 2.05) is 0 Å². The number of nitrogens with zero attached hydrogens (tertiary/aromatic N) is 1. The molecule has 9 heteroatoms. The fourth-order valence-electron chi connectivity index (χ4n) is 3.24. The predicted octanol–water partition coefficient (Wildman–Crippen LogP) is 4.54. The van der Waals surface area contributed by atoms with Gasteiger partial charge in [-0.3, -0.25) is 14.5 Å². The molecular weight excluding hydrogens is 425 g/mol. The molecule has 3 aromatic rings. The van der Waals surface area contributed by atoms with Gasteiger partial charge in [-0.15, -0.1) is 11.3 Å². The van der Waals surface area contributed by atoms with Gasteiger partial charge < -0.3 is 5.32 Å². The molecule has 1 aliphatic heterocycles. The zero-order valence-corrected chi connectivity index (χ0v) is 17.7. The van der Waals surface area contributed by atoms with Crippen LogP contribution in [0.2, 0.25) is 0 Å². The molecule has 0 spiro atoms. The van der Waals surface area contributed by atoms with Crippen molar-refractivity contribution >= 4 is 48.9 Å². The first kappa shape index (κ1) is 20.5. The summed E-state index contributed by atoms with van der Waals surface area (Å²) in [6.45, 7) is 0.615. The highest BCUT2D eigenvalue weighted by Gasteiger charge is 2.19. The van der Waals surface area contributed by atoms with Crippen molar-refractivity contribution in [1.29, 1.82) is 0 Å². The Kier molecular flexibility index (Phi) is 5.83. The lowest BCUT2D eigenvalue weighted by molar-refractivity contribution is 0.103. The highest BCUT2D eigenvalue weighted by molar-refractivity contribution is 7.90. The van der Waals surface area contributed by atoms with Crippen LogP contribution < -0.4 is 10.0 Å². The summed E-state index contributed by atoms with van der Waals surface area (Å²) in [5.41, 5.74) is 0.337. The Hall–Kier alpha value is -2.78. The third-order valence-electron chi connectivity index (χ3n) is 4.76. The molecule has 0 aliphatic carbocycles. The first-order valence-corrected chi connectivity index (χ1v) is 11.9. The second-order valence-corrected chi connectivity index (χ2v) is 9.76. The van der Waals surface area contributed by atoms with E-state index in [0.717, 1.165) is 19.3 Å². The molecular formula is C21H20FN3O3S2. The van der Waals surface area contributed by atoms with Gasteiger partial charge in [-0.1, -0.05) is 18.6 Å². The second-order valence-electron chi connectivity index (χ2n) is 6.99.